The van der Waals surface area contributed by atoms with Gasteiger partial charge in [-0.25, -0.2) is 0 Å². The molecule has 1 aromatic heterocycles. The SMILES string of the molecule is CCCc1cnc2c(c1C)CCC2. The van der Waals surface area contributed by atoms with Crippen LogP contribution >= 0.6 is 0 Å². The molecule has 0 amide bonds. The van der Waals surface area contributed by atoms with Crippen molar-refractivity contribution < 1.29 is 0 Å². The molecule has 1 nitrogen and oxygen atoms in total. The number of aromatic nitrogens is 1. The van der Waals surface area contributed by atoms with E-state index in [9.17, 15) is 0 Å². The first kappa shape index (κ1) is 8.74. The number of aryl methyl sites for hydroxylation is 2. The van der Waals surface area contributed by atoms with Crippen molar-refractivity contribution >= 4 is 0 Å². The third kappa shape index (κ3) is 1.48. The highest BCUT2D eigenvalue weighted by Crippen LogP contribution is 2.25. The van der Waals surface area contributed by atoms with Gasteiger partial charge in [0.15, 0.2) is 0 Å². The molecule has 0 aromatic carbocycles. The first-order valence-electron chi connectivity index (χ1n) is 5.29. The Balaban J connectivity index is 2.40. The number of fused-ring (bicyclic) bond motifs is 1. The molecule has 0 atom stereocenters. The lowest BCUT2D eigenvalue weighted by atomic mass is 10.0. The molecule has 13 heavy (non-hydrogen) atoms. The Morgan fingerprint density at radius 1 is 1.38 bits per heavy atom. The Labute approximate surface area is 80.2 Å². The summed E-state index contributed by atoms with van der Waals surface area (Å²) in [6.45, 7) is 4.49. The van der Waals surface area contributed by atoms with Gasteiger partial charge >= 0.3 is 0 Å². The van der Waals surface area contributed by atoms with Crippen molar-refractivity contribution in [2.45, 2.75) is 46.0 Å². The van der Waals surface area contributed by atoms with E-state index in [2.05, 4.69) is 25.0 Å². The van der Waals surface area contributed by atoms with Crippen molar-refractivity contribution in [1.29, 1.82) is 0 Å². The van der Waals surface area contributed by atoms with Crippen LogP contribution in [0.15, 0.2) is 6.20 Å². The van der Waals surface area contributed by atoms with E-state index in [0.717, 1.165) is 0 Å². The molecule has 0 spiro atoms. The summed E-state index contributed by atoms with van der Waals surface area (Å²) in [7, 11) is 0. The molecule has 70 valence electrons. The molecule has 0 saturated carbocycles. The maximum absolute atomic E-state index is 4.54. The molecule has 0 radical (unpaired) electrons. The van der Waals surface area contributed by atoms with Gasteiger partial charge in [0.2, 0.25) is 0 Å². The maximum atomic E-state index is 4.54. The van der Waals surface area contributed by atoms with Crippen LogP contribution in [0.1, 0.15) is 42.1 Å². The van der Waals surface area contributed by atoms with Crippen LogP contribution in [0.3, 0.4) is 0 Å². The van der Waals surface area contributed by atoms with Crippen LogP contribution in [0.5, 0.6) is 0 Å². The Morgan fingerprint density at radius 2 is 2.23 bits per heavy atom. The van der Waals surface area contributed by atoms with Crippen LogP contribution in [0.2, 0.25) is 0 Å². The molecule has 1 aliphatic carbocycles. The fourth-order valence-electron chi connectivity index (χ4n) is 2.24. The van der Waals surface area contributed by atoms with Gasteiger partial charge in [-0.1, -0.05) is 13.3 Å². The highest BCUT2D eigenvalue weighted by Gasteiger charge is 2.15. The van der Waals surface area contributed by atoms with Crippen LogP contribution in [0, 0.1) is 6.92 Å². The summed E-state index contributed by atoms with van der Waals surface area (Å²) in [4.78, 5) is 4.54. The molecule has 1 aliphatic rings. The van der Waals surface area contributed by atoms with Crippen molar-refractivity contribution in [3.8, 4) is 0 Å². The summed E-state index contributed by atoms with van der Waals surface area (Å²) in [5, 5.41) is 0. The van der Waals surface area contributed by atoms with E-state index in [-0.39, 0.29) is 0 Å². The Kier molecular flexibility index (Phi) is 2.34. The van der Waals surface area contributed by atoms with Gasteiger partial charge in [-0.15, -0.1) is 0 Å². The highest BCUT2D eigenvalue weighted by molar-refractivity contribution is 5.38. The maximum Gasteiger partial charge on any atom is 0.0438 e. The average molecular weight is 175 g/mol. The van der Waals surface area contributed by atoms with E-state index in [1.807, 2.05) is 0 Å². The number of hydrogen-bond acceptors (Lipinski definition) is 1. The molecular weight excluding hydrogens is 158 g/mol. The summed E-state index contributed by atoms with van der Waals surface area (Å²) in [6, 6.07) is 0. The second-order valence-electron chi connectivity index (χ2n) is 3.94. The second kappa shape index (κ2) is 3.49. The summed E-state index contributed by atoms with van der Waals surface area (Å²) in [6.07, 6.45) is 8.25. The fourth-order valence-corrected chi connectivity index (χ4v) is 2.24. The van der Waals surface area contributed by atoms with Gasteiger partial charge in [0.25, 0.3) is 0 Å². The van der Waals surface area contributed by atoms with E-state index < -0.39 is 0 Å². The zero-order valence-electron chi connectivity index (χ0n) is 8.56. The third-order valence-corrected chi connectivity index (χ3v) is 3.02. The van der Waals surface area contributed by atoms with Crippen LogP contribution < -0.4 is 0 Å². The van der Waals surface area contributed by atoms with Gasteiger partial charge in [-0.3, -0.25) is 4.98 Å². The van der Waals surface area contributed by atoms with Crippen LogP contribution in [0.4, 0.5) is 0 Å². The zero-order valence-corrected chi connectivity index (χ0v) is 8.56. The quantitative estimate of drug-likeness (QED) is 0.673. The van der Waals surface area contributed by atoms with Crippen molar-refractivity contribution in [3.05, 3.63) is 28.6 Å². The molecule has 0 bridgehead atoms. The Hall–Kier alpha value is -0.850. The molecule has 1 heterocycles. The predicted octanol–water partition coefficient (Wildman–Crippen LogP) is 2.83. The smallest absolute Gasteiger partial charge is 0.0438 e. The summed E-state index contributed by atoms with van der Waals surface area (Å²) in [5.41, 5.74) is 5.89. The molecule has 2 rings (SSSR count). The molecule has 0 unspecified atom stereocenters. The summed E-state index contributed by atoms with van der Waals surface area (Å²) < 4.78 is 0. The average Bonchev–Trinajstić information content (AvgIpc) is 2.58. The van der Waals surface area contributed by atoms with Crippen LogP contribution in [-0.4, -0.2) is 4.98 Å². The lowest BCUT2D eigenvalue weighted by molar-refractivity contribution is 0.894. The van der Waals surface area contributed by atoms with E-state index in [1.165, 1.54) is 48.9 Å². The lowest BCUT2D eigenvalue weighted by Crippen LogP contribution is -1.98. The summed E-state index contributed by atoms with van der Waals surface area (Å²) in [5.74, 6) is 0. The van der Waals surface area contributed by atoms with Crippen molar-refractivity contribution in [2.24, 2.45) is 0 Å². The molecule has 0 fully saturated rings. The predicted molar refractivity (Wildman–Crippen MR) is 55.0 cm³/mol. The van der Waals surface area contributed by atoms with E-state index in [0.29, 0.717) is 0 Å². The van der Waals surface area contributed by atoms with Gasteiger partial charge in [0, 0.05) is 11.9 Å². The number of rotatable bonds is 2. The topological polar surface area (TPSA) is 12.9 Å². The molecular formula is C12H17N. The van der Waals surface area contributed by atoms with Gasteiger partial charge < -0.3 is 0 Å². The molecule has 1 heteroatoms. The monoisotopic (exact) mass is 175 g/mol. The van der Waals surface area contributed by atoms with Crippen molar-refractivity contribution in [1.82, 2.24) is 4.98 Å². The van der Waals surface area contributed by atoms with Crippen molar-refractivity contribution in [2.75, 3.05) is 0 Å². The molecule has 0 aliphatic heterocycles. The lowest BCUT2D eigenvalue weighted by Gasteiger charge is -2.08. The van der Waals surface area contributed by atoms with Crippen molar-refractivity contribution in [3.63, 3.8) is 0 Å². The van der Waals surface area contributed by atoms with Gasteiger partial charge in [0.1, 0.15) is 0 Å². The number of pyridine rings is 1. The van der Waals surface area contributed by atoms with E-state index >= 15 is 0 Å². The standard InChI is InChI=1S/C12H17N/c1-3-5-10-8-13-12-7-4-6-11(12)9(10)2/h8H,3-7H2,1-2H3. The molecule has 1 aromatic rings. The van der Waals surface area contributed by atoms with Crippen LogP contribution in [-0.2, 0) is 19.3 Å². The summed E-state index contributed by atoms with van der Waals surface area (Å²) >= 11 is 0. The van der Waals surface area contributed by atoms with Crippen LogP contribution in [0.25, 0.3) is 0 Å². The third-order valence-electron chi connectivity index (χ3n) is 3.02. The minimum Gasteiger partial charge on any atom is -0.261 e. The second-order valence-corrected chi connectivity index (χ2v) is 3.94. The van der Waals surface area contributed by atoms with Gasteiger partial charge in [0.05, 0.1) is 0 Å². The van der Waals surface area contributed by atoms with E-state index in [1.54, 1.807) is 5.56 Å². The Morgan fingerprint density at radius 3 is 3.00 bits per heavy atom. The first-order valence-corrected chi connectivity index (χ1v) is 5.29. The molecule has 0 saturated heterocycles. The molecule has 0 N–H and O–H groups in total. The Bertz CT molecular complexity index is 315. The minimum absolute atomic E-state index is 1.19. The zero-order chi connectivity index (χ0) is 9.26. The first-order chi connectivity index (χ1) is 6.33. The minimum atomic E-state index is 1.19. The normalized spacial score (nSPS) is 14.6. The largest absolute Gasteiger partial charge is 0.261 e. The van der Waals surface area contributed by atoms with Gasteiger partial charge in [-0.2, -0.15) is 0 Å². The van der Waals surface area contributed by atoms with Gasteiger partial charge in [-0.05, 0) is 49.3 Å². The highest BCUT2D eigenvalue weighted by atomic mass is 14.7. The fraction of sp³-hybridized carbons (Fsp3) is 0.583. The van der Waals surface area contributed by atoms with E-state index in [4.69, 9.17) is 0 Å². The number of hydrogen-bond donors (Lipinski definition) is 0. The number of nitrogens with zero attached hydrogens (tertiary/aromatic N) is 1.